The molecule has 0 bridgehead atoms. The summed E-state index contributed by atoms with van der Waals surface area (Å²) in [6, 6.07) is 11.2. The molecule has 1 N–H and O–H groups in total. The number of halogens is 2. The van der Waals surface area contributed by atoms with Crippen LogP contribution in [-0.2, 0) is 0 Å². The molecular weight excluding hydrogens is 261 g/mol. The number of benzene rings is 2. The van der Waals surface area contributed by atoms with Crippen LogP contribution < -0.4 is 5.32 Å². The van der Waals surface area contributed by atoms with Crippen LogP contribution in [0.4, 0.5) is 10.1 Å². The monoisotopic (exact) mass is 277 g/mol. The highest BCUT2D eigenvalue weighted by Gasteiger charge is 2.09. The van der Waals surface area contributed by atoms with E-state index in [9.17, 15) is 4.39 Å². The molecule has 0 radical (unpaired) electrons. The maximum absolute atomic E-state index is 13.2. The average Bonchev–Trinajstić information content (AvgIpc) is 2.37. The predicted molar refractivity (Wildman–Crippen MR) is 79.4 cm³/mol. The van der Waals surface area contributed by atoms with Crippen molar-refractivity contribution in [2.45, 2.75) is 26.8 Å². The lowest BCUT2D eigenvalue weighted by molar-refractivity contribution is 0.627. The Bertz CT molecular complexity index is 595. The molecule has 100 valence electrons. The Kier molecular flexibility index (Phi) is 4.11. The van der Waals surface area contributed by atoms with Crippen LogP contribution in [0.15, 0.2) is 36.4 Å². The first-order valence-corrected chi connectivity index (χ1v) is 6.64. The number of nitrogens with one attached hydrogen (secondary N) is 1. The van der Waals surface area contributed by atoms with E-state index in [1.54, 1.807) is 12.1 Å². The van der Waals surface area contributed by atoms with Crippen molar-refractivity contribution in [3.63, 3.8) is 0 Å². The first kappa shape index (κ1) is 13.9. The van der Waals surface area contributed by atoms with E-state index in [1.807, 2.05) is 6.92 Å². The number of hydrogen-bond acceptors (Lipinski definition) is 1. The maximum Gasteiger partial charge on any atom is 0.141 e. The quantitative estimate of drug-likeness (QED) is 0.806. The molecule has 1 unspecified atom stereocenters. The first-order valence-electron chi connectivity index (χ1n) is 6.26. The third kappa shape index (κ3) is 3.27. The highest BCUT2D eigenvalue weighted by molar-refractivity contribution is 6.30. The molecule has 0 aliphatic carbocycles. The fourth-order valence-electron chi connectivity index (χ4n) is 1.99. The molecule has 19 heavy (non-hydrogen) atoms. The topological polar surface area (TPSA) is 12.0 Å². The van der Waals surface area contributed by atoms with Crippen LogP contribution in [0.3, 0.4) is 0 Å². The molecule has 0 fully saturated rings. The van der Waals surface area contributed by atoms with Crippen molar-refractivity contribution in [1.29, 1.82) is 0 Å². The van der Waals surface area contributed by atoms with Gasteiger partial charge in [-0.15, -0.1) is 0 Å². The van der Waals surface area contributed by atoms with Gasteiger partial charge in [0.1, 0.15) is 5.82 Å². The van der Waals surface area contributed by atoms with Gasteiger partial charge in [0.15, 0.2) is 0 Å². The van der Waals surface area contributed by atoms with Gasteiger partial charge in [0, 0.05) is 11.7 Å². The molecule has 0 spiro atoms. The molecule has 0 aliphatic heterocycles. The Morgan fingerprint density at radius 3 is 2.53 bits per heavy atom. The lowest BCUT2D eigenvalue weighted by Crippen LogP contribution is -2.08. The summed E-state index contributed by atoms with van der Waals surface area (Å²) in [5, 5.41) is 3.59. The number of rotatable bonds is 3. The normalized spacial score (nSPS) is 12.3. The zero-order chi connectivity index (χ0) is 14.0. The van der Waals surface area contributed by atoms with Crippen LogP contribution in [0, 0.1) is 19.7 Å². The van der Waals surface area contributed by atoms with E-state index >= 15 is 0 Å². The Labute approximate surface area is 118 Å². The van der Waals surface area contributed by atoms with E-state index in [1.165, 1.54) is 17.2 Å². The van der Waals surface area contributed by atoms with Gasteiger partial charge in [-0.1, -0.05) is 29.8 Å². The van der Waals surface area contributed by atoms with Gasteiger partial charge in [-0.2, -0.15) is 0 Å². The molecule has 2 aromatic rings. The molecule has 0 saturated heterocycles. The summed E-state index contributed by atoms with van der Waals surface area (Å²) in [6.07, 6.45) is 0. The largest absolute Gasteiger partial charge is 0.378 e. The van der Waals surface area contributed by atoms with Gasteiger partial charge in [-0.25, -0.2) is 4.39 Å². The standard InChI is InChI=1S/C16H17ClFN/c1-10-4-5-11(2)16(8-10)19-12(3)13-6-7-15(18)14(17)9-13/h4-9,12,19H,1-3H3. The van der Waals surface area contributed by atoms with Crippen LogP contribution in [0.5, 0.6) is 0 Å². The van der Waals surface area contributed by atoms with Gasteiger partial charge in [-0.3, -0.25) is 0 Å². The summed E-state index contributed by atoms with van der Waals surface area (Å²) in [4.78, 5) is 0. The Balaban J connectivity index is 2.22. The predicted octanol–water partition coefficient (Wildman–Crippen LogP) is 5.27. The van der Waals surface area contributed by atoms with E-state index in [0.717, 1.165) is 11.3 Å². The van der Waals surface area contributed by atoms with Crippen molar-refractivity contribution < 1.29 is 4.39 Å². The third-order valence-electron chi connectivity index (χ3n) is 3.21. The van der Waals surface area contributed by atoms with Crippen molar-refractivity contribution >= 4 is 17.3 Å². The minimum absolute atomic E-state index is 0.0681. The lowest BCUT2D eigenvalue weighted by atomic mass is 10.1. The molecule has 2 aromatic carbocycles. The van der Waals surface area contributed by atoms with Crippen molar-refractivity contribution in [1.82, 2.24) is 0 Å². The van der Waals surface area contributed by atoms with Gasteiger partial charge in [0.2, 0.25) is 0 Å². The Morgan fingerprint density at radius 1 is 1.11 bits per heavy atom. The molecule has 3 heteroatoms. The van der Waals surface area contributed by atoms with E-state index in [-0.39, 0.29) is 16.9 Å². The number of aryl methyl sites for hydroxylation is 2. The highest BCUT2D eigenvalue weighted by Crippen LogP contribution is 2.25. The maximum atomic E-state index is 13.2. The molecule has 1 atom stereocenters. The van der Waals surface area contributed by atoms with Gasteiger partial charge < -0.3 is 5.32 Å². The van der Waals surface area contributed by atoms with Crippen LogP contribution in [0.25, 0.3) is 0 Å². The summed E-state index contributed by atoms with van der Waals surface area (Å²) < 4.78 is 13.2. The van der Waals surface area contributed by atoms with E-state index < -0.39 is 0 Å². The lowest BCUT2D eigenvalue weighted by Gasteiger charge is -2.18. The summed E-state index contributed by atoms with van der Waals surface area (Å²) in [7, 11) is 0. The summed E-state index contributed by atoms with van der Waals surface area (Å²) in [5.41, 5.74) is 4.45. The van der Waals surface area contributed by atoms with Crippen LogP contribution in [0.1, 0.15) is 29.7 Å². The van der Waals surface area contributed by atoms with Crippen molar-refractivity contribution in [3.8, 4) is 0 Å². The molecule has 0 aromatic heterocycles. The van der Waals surface area contributed by atoms with Gasteiger partial charge in [0.25, 0.3) is 0 Å². The van der Waals surface area contributed by atoms with Crippen molar-refractivity contribution in [3.05, 3.63) is 63.9 Å². The number of anilines is 1. The fraction of sp³-hybridized carbons (Fsp3) is 0.250. The first-order chi connectivity index (χ1) is 8.97. The van der Waals surface area contributed by atoms with E-state index in [2.05, 4.69) is 37.4 Å². The summed E-state index contributed by atoms with van der Waals surface area (Å²) in [6.45, 7) is 6.15. The molecule has 1 nitrogen and oxygen atoms in total. The van der Waals surface area contributed by atoms with Crippen LogP contribution >= 0.6 is 11.6 Å². The van der Waals surface area contributed by atoms with Crippen molar-refractivity contribution in [2.75, 3.05) is 5.32 Å². The average molecular weight is 278 g/mol. The molecule has 0 heterocycles. The Morgan fingerprint density at radius 2 is 1.84 bits per heavy atom. The SMILES string of the molecule is Cc1ccc(C)c(NC(C)c2ccc(F)c(Cl)c2)c1. The second-order valence-corrected chi connectivity index (χ2v) is 5.27. The van der Waals surface area contributed by atoms with Gasteiger partial charge in [0.05, 0.1) is 5.02 Å². The highest BCUT2D eigenvalue weighted by atomic mass is 35.5. The second-order valence-electron chi connectivity index (χ2n) is 4.86. The molecule has 0 amide bonds. The minimum atomic E-state index is -0.385. The van der Waals surface area contributed by atoms with E-state index in [0.29, 0.717) is 0 Å². The third-order valence-corrected chi connectivity index (χ3v) is 3.50. The summed E-state index contributed by atoms with van der Waals surface area (Å²) >= 11 is 5.81. The van der Waals surface area contributed by atoms with E-state index in [4.69, 9.17) is 11.6 Å². The van der Waals surface area contributed by atoms with Gasteiger partial charge >= 0.3 is 0 Å². The minimum Gasteiger partial charge on any atom is -0.378 e. The number of hydrogen-bond donors (Lipinski definition) is 1. The van der Waals surface area contributed by atoms with Crippen molar-refractivity contribution in [2.24, 2.45) is 0 Å². The molecule has 0 saturated carbocycles. The second kappa shape index (κ2) is 5.62. The fourth-order valence-corrected chi connectivity index (χ4v) is 2.18. The zero-order valence-corrected chi connectivity index (χ0v) is 12.1. The smallest absolute Gasteiger partial charge is 0.141 e. The summed E-state index contributed by atoms with van der Waals surface area (Å²) in [5.74, 6) is -0.385. The molecule has 0 aliphatic rings. The van der Waals surface area contributed by atoms with Gasteiger partial charge in [-0.05, 0) is 55.7 Å². The molecular formula is C16H17ClFN. The van der Waals surface area contributed by atoms with Crippen LogP contribution in [-0.4, -0.2) is 0 Å². The zero-order valence-electron chi connectivity index (χ0n) is 11.3. The molecule has 2 rings (SSSR count). The van der Waals surface area contributed by atoms with Crippen LogP contribution in [0.2, 0.25) is 5.02 Å². The Hall–Kier alpha value is -1.54.